The Kier molecular flexibility index (Phi) is 5.10. The molecule has 0 aromatic carbocycles. The van der Waals surface area contributed by atoms with E-state index >= 15 is 0 Å². The third-order valence-corrected chi connectivity index (χ3v) is 2.15. The zero-order chi connectivity index (χ0) is 11.6. The van der Waals surface area contributed by atoms with E-state index in [1.54, 1.807) is 6.92 Å². The first-order chi connectivity index (χ1) is 6.80. The number of alkyl halides is 3. The van der Waals surface area contributed by atoms with E-state index in [1.165, 1.54) is 0 Å². The van der Waals surface area contributed by atoms with Gasteiger partial charge in [0.05, 0.1) is 0 Å². The molecule has 0 bridgehead atoms. The van der Waals surface area contributed by atoms with Gasteiger partial charge in [0.15, 0.2) is 6.04 Å². The number of carbonyl (C=O) groups is 1. The molecule has 0 spiro atoms. The van der Waals surface area contributed by atoms with Crippen molar-refractivity contribution in [2.45, 2.75) is 19.1 Å². The van der Waals surface area contributed by atoms with Crippen molar-refractivity contribution in [2.24, 2.45) is 5.73 Å². The summed E-state index contributed by atoms with van der Waals surface area (Å²) in [6.07, 6.45) is -4.76. The molecule has 1 amide bonds. The van der Waals surface area contributed by atoms with Crippen molar-refractivity contribution in [1.29, 1.82) is 0 Å². The summed E-state index contributed by atoms with van der Waals surface area (Å²) in [6.45, 7) is 1.61. The predicted octanol–water partition coefficient (Wildman–Crippen LogP) is 1.10. The summed E-state index contributed by atoms with van der Waals surface area (Å²) < 4.78 is 36.0. The van der Waals surface area contributed by atoms with Crippen LogP contribution in [-0.4, -0.2) is 28.3 Å². The molecular weight excluding hydrogens is 269 g/mol. The monoisotopic (exact) mass is 276 g/mol. The number of carbonyl (C=O) groups excluding carboxylic acids is 1. The molecule has 10 heteroatoms. The van der Waals surface area contributed by atoms with E-state index in [2.05, 4.69) is 15.9 Å². The van der Waals surface area contributed by atoms with Gasteiger partial charge in [-0.3, -0.25) is 10.1 Å². The topological polar surface area (TPSA) is 80.9 Å². The van der Waals surface area contributed by atoms with E-state index in [-0.39, 0.29) is 17.5 Å². The number of nitrogens with one attached hydrogen (secondary N) is 1. The Morgan fingerprint density at radius 3 is 2.44 bits per heavy atom. The van der Waals surface area contributed by atoms with Crippen LogP contribution in [-0.2, 0) is 4.79 Å². The molecule has 0 fully saturated rings. The van der Waals surface area contributed by atoms with Crippen molar-refractivity contribution in [1.82, 2.24) is 10.2 Å². The Morgan fingerprint density at radius 2 is 2.06 bits per heavy atom. The van der Waals surface area contributed by atoms with Gasteiger partial charge in [-0.05, 0) is 6.92 Å². The number of rotatable bonds is 2. The van der Waals surface area contributed by atoms with Crippen LogP contribution in [0.1, 0.15) is 5.01 Å². The van der Waals surface area contributed by atoms with Crippen molar-refractivity contribution in [2.75, 3.05) is 5.32 Å². The molecule has 1 unspecified atom stereocenters. The quantitative estimate of drug-likeness (QED) is 0.847. The minimum atomic E-state index is -4.76. The minimum Gasteiger partial charge on any atom is -0.312 e. The fraction of sp³-hybridized carbons (Fsp3) is 0.500. The van der Waals surface area contributed by atoms with Gasteiger partial charge in [0, 0.05) is 0 Å². The summed E-state index contributed by atoms with van der Waals surface area (Å²) in [7, 11) is 0. The van der Waals surface area contributed by atoms with Gasteiger partial charge in [0.25, 0.3) is 5.91 Å². The fourth-order valence-electron chi connectivity index (χ4n) is 0.679. The molecule has 1 aromatic heterocycles. The van der Waals surface area contributed by atoms with Crippen molar-refractivity contribution < 1.29 is 18.0 Å². The van der Waals surface area contributed by atoms with Crippen LogP contribution in [0.2, 0.25) is 0 Å². The van der Waals surface area contributed by atoms with Gasteiger partial charge in [0.1, 0.15) is 5.01 Å². The Morgan fingerprint density at radius 1 is 1.50 bits per heavy atom. The van der Waals surface area contributed by atoms with E-state index in [9.17, 15) is 18.0 Å². The molecule has 5 nitrogen and oxygen atoms in total. The van der Waals surface area contributed by atoms with Crippen LogP contribution in [0.5, 0.6) is 0 Å². The maximum absolute atomic E-state index is 12.0. The molecule has 1 heterocycles. The highest BCUT2D eigenvalue weighted by Gasteiger charge is 2.42. The van der Waals surface area contributed by atoms with Crippen LogP contribution in [0, 0.1) is 6.92 Å². The number of amides is 1. The van der Waals surface area contributed by atoms with E-state index in [0.717, 1.165) is 11.3 Å². The first kappa shape index (κ1) is 15.1. The van der Waals surface area contributed by atoms with Gasteiger partial charge in [-0.15, -0.1) is 22.6 Å². The predicted molar refractivity (Wildman–Crippen MR) is 54.6 cm³/mol. The highest BCUT2D eigenvalue weighted by atomic mass is 35.5. The molecule has 3 N–H and O–H groups in total. The summed E-state index contributed by atoms with van der Waals surface area (Å²) in [5.74, 6) is -1.35. The third kappa shape index (κ3) is 3.91. The highest BCUT2D eigenvalue weighted by Crippen LogP contribution is 2.20. The Labute approximate surface area is 98.6 Å². The first-order valence-corrected chi connectivity index (χ1v) is 4.55. The summed E-state index contributed by atoms with van der Waals surface area (Å²) >= 11 is 0.967. The minimum absolute atomic E-state index is 0. The highest BCUT2D eigenvalue weighted by molar-refractivity contribution is 7.15. The van der Waals surface area contributed by atoms with Gasteiger partial charge >= 0.3 is 6.18 Å². The number of halogens is 4. The van der Waals surface area contributed by atoms with Crippen LogP contribution in [0.3, 0.4) is 0 Å². The van der Waals surface area contributed by atoms with Crippen molar-refractivity contribution in [3.8, 4) is 0 Å². The molecule has 0 aliphatic rings. The Bertz CT molecular complexity index is 369. The summed E-state index contributed by atoms with van der Waals surface area (Å²) in [6, 6.07) is -2.55. The number of aromatic nitrogens is 2. The van der Waals surface area contributed by atoms with Crippen LogP contribution in [0.4, 0.5) is 18.3 Å². The number of hydrogen-bond donors (Lipinski definition) is 2. The number of hydrogen-bond acceptors (Lipinski definition) is 5. The molecule has 0 aliphatic carbocycles. The maximum Gasteiger partial charge on any atom is 0.412 e. The molecule has 0 radical (unpaired) electrons. The molecule has 92 valence electrons. The zero-order valence-electron chi connectivity index (χ0n) is 7.91. The summed E-state index contributed by atoms with van der Waals surface area (Å²) in [5.41, 5.74) is 4.67. The Hall–Kier alpha value is -0.930. The van der Waals surface area contributed by atoms with E-state index < -0.39 is 18.1 Å². The van der Waals surface area contributed by atoms with E-state index in [1.807, 2.05) is 5.32 Å². The van der Waals surface area contributed by atoms with Crippen molar-refractivity contribution >= 4 is 34.8 Å². The summed E-state index contributed by atoms with van der Waals surface area (Å²) in [5, 5.41) is 9.42. The molecule has 0 aliphatic heterocycles. The summed E-state index contributed by atoms with van der Waals surface area (Å²) in [4.78, 5) is 11.0. The van der Waals surface area contributed by atoms with Gasteiger partial charge < -0.3 is 5.73 Å². The number of anilines is 1. The maximum atomic E-state index is 12.0. The average molecular weight is 277 g/mol. The third-order valence-electron chi connectivity index (χ3n) is 1.39. The fourth-order valence-corrected chi connectivity index (χ4v) is 1.27. The lowest BCUT2D eigenvalue weighted by Crippen LogP contribution is -2.47. The van der Waals surface area contributed by atoms with E-state index in [0.29, 0.717) is 5.01 Å². The molecular formula is C6H8ClF3N4OS. The number of aryl methyl sites for hydroxylation is 1. The average Bonchev–Trinajstić information content (AvgIpc) is 2.48. The SMILES string of the molecule is Cc1nnc(NC(=O)C(N)C(F)(F)F)s1.Cl. The lowest BCUT2D eigenvalue weighted by Gasteiger charge is -2.13. The molecule has 16 heavy (non-hydrogen) atoms. The van der Waals surface area contributed by atoms with Gasteiger partial charge in [-0.1, -0.05) is 11.3 Å². The lowest BCUT2D eigenvalue weighted by molar-refractivity contribution is -0.159. The molecule has 1 atom stereocenters. The lowest BCUT2D eigenvalue weighted by atomic mass is 10.3. The van der Waals surface area contributed by atoms with Crippen molar-refractivity contribution in [3.05, 3.63) is 5.01 Å². The molecule has 0 saturated carbocycles. The number of nitrogens with two attached hydrogens (primary N) is 1. The largest absolute Gasteiger partial charge is 0.412 e. The van der Waals surface area contributed by atoms with Crippen LogP contribution in [0.15, 0.2) is 0 Å². The van der Waals surface area contributed by atoms with Crippen molar-refractivity contribution in [3.63, 3.8) is 0 Å². The smallest absolute Gasteiger partial charge is 0.312 e. The standard InChI is InChI=1S/C6H7F3N4OS.ClH/c1-2-12-13-5(15-2)11-4(14)3(10)6(7,8)9;/h3H,10H2,1H3,(H,11,13,14);1H. The first-order valence-electron chi connectivity index (χ1n) is 3.74. The number of nitrogens with zero attached hydrogens (tertiary/aromatic N) is 2. The van der Waals surface area contributed by atoms with Crippen LogP contribution >= 0.6 is 23.7 Å². The van der Waals surface area contributed by atoms with Gasteiger partial charge in [0.2, 0.25) is 5.13 Å². The normalized spacial score (nSPS) is 12.8. The second kappa shape index (κ2) is 5.41. The van der Waals surface area contributed by atoms with Gasteiger partial charge in [-0.25, -0.2) is 0 Å². The van der Waals surface area contributed by atoms with Gasteiger partial charge in [-0.2, -0.15) is 13.2 Å². The van der Waals surface area contributed by atoms with Crippen LogP contribution in [0.25, 0.3) is 0 Å². The molecule has 0 saturated heterocycles. The molecule has 1 aromatic rings. The Balaban J connectivity index is 0.00000225. The second-order valence-corrected chi connectivity index (χ2v) is 3.82. The second-order valence-electron chi connectivity index (χ2n) is 2.63. The molecule has 1 rings (SSSR count). The van der Waals surface area contributed by atoms with E-state index in [4.69, 9.17) is 0 Å². The zero-order valence-corrected chi connectivity index (χ0v) is 9.54. The van der Waals surface area contributed by atoms with Crippen LogP contribution < -0.4 is 11.1 Å².